The van der Waals surface area contributed by atoms with Crippen LogP contribution in [-0.2, 0) is 6.42 Å². The van der Waals surface area contributed by atoms with Gasteiger partial charge in [-0.15, -0.1) is 0 Å². The summed E-state index contributed by atoms with van der Waals surface area (Å²) in [5.41, 5.74) is 2.06. The van der Waals surface area contributed by atoms with Crippen LogP contribution < -0.4 is 10.1 Å². The van der Waals surface area contributed by atoms with Gasteiger partial charge in [0.2, 0.25) is 0 Å². The van der Waals surface area contributed by atoms with Gasteiger partial charge in [-0.25, -0.2) is 4.39 Å². The minimum atomic E-state index is -0.353. The van der Waals surface area contributed by atoms with Crippen LogP contribution in [-0.4, -0.2) is 24.8 Å². The van der Waals surface area contributed by atoms with E-state index >= 15 is 0 Å². The van der Waals surface area contributed by atoms with E-state index in [1.54, 1.807) is 6.07 Å². The Bertz CT molecular complexity index is 584. The number of aliphatic hydroxyl groups is 1. The first-order chi connectivity index (χ1) is 10.7. The molecule has 4 heteroatoms. The lowest BCUT2D eigenvalue weighted by atomic mass is 10.1. The zero-order valence-corrected chi connectivity index (χ0v) is 12.8. The topological polar surface area (TPSA) is 41.5 Å². The maximum atomic E-state index is 14.1. The van der Waals surface area contributed by atoms with Crippen molar-refractivity contribution in [1.29, 1.82) is 0 Å². The molecule has 2 aromatic carbocycles. The van der Waals surface area contributed by atoms with Crippen LogP contribution in [0.25, 0.3) is 0 Å². The number of nitrogens with one attached hydrogen (secondary N) is 1. The summed E-state index contributed by atoms with van der Waals surface area (Å²) in [5, 5.41) is 11.9. The van der Waals surface area contributed by atoms with Gasteiger partial charge in [-0.2, -0.15) is 0 Å². The van der Waals surface area contributed by atoms with Gasteiger partial charge in [0.05, 0.1) is 0 Å². The molecule has 0 aliphatic heterocycles. The van der Waals surface area contributed by atoms with E-state index in [2.05, 4.69) is 5.32 Å². The number of aryl methyl sites for hydroxylation is 1. The van der Waals surface area contributed by atoms with Crippen LogP contribution in [0.5, 0.6) is 11.5 Å². The van der Waals surface area contributed by atoms with E-state index in [-0.39, 0.29) is 18.2 Å². The first-order valence-corrected chi connectivity index (χ1v) is 7.53. The van der Waals surface area contributed by atoms with Gasteiger partial charge in [-0.3, -0.25) is 0 Å². The quantitative estimate of drug-likeness (QED) is 0.734. The molecule has 2 N–H and O–H groups in total. The van der Waals surface area contributed by atoms with E-state index in [1.165, 1.54) is 6.07 Å². The molecule has 22 heavy (non-hydrogen) atoms. The Morgan fingerprint density at radius 3 is 2.55 bits per heavy atom. The van der Waals surface area contributed by atoms with Crippen molar-refractivity contribution in [1.82, 2.24) is 5.32 Å². The lowest BCUT2D eigenvalue weighted by molar-refractivity contribution is 0.286. The van der Waals surface area contributed by atoms with Crippen molar-refractivity contribution in [3.63, 3.8) is 0 Å². The SMILES string of the molecule is Cc1ccc(Oc2ccc(CCNCCCO)cc2F)cc1. The highest BCUT2D eigenvalue weighted by Crippen LogP contribution is 2.25. The molecular weight excluding hydrogens is 281 g/mol. The third kappa shape index (κ3) is 5.13. The van der Waals surface area contributed by atoms with Crippen molar-refractivity contribution in [3.05, 3.63) is 59.4 Å². The number of halogens is 1. The predicted octanol–water partition coefficient (Wildman–Crippen LogP) is 3.44. The van der Waals surface area contributed by atoms with Gasteiger partial charge < -0.3 is 15.2 Å². The summed E-state index contributed by atoms with van der Waals surface area (Å²) < 4.78 is 19.6. The first-order valence-electron chi connectivity index (χ1n) is 7.53. The van der Waals surface area contributed by atoms with Gasteiger partial charge in [0.25, 0.3) is 0 Å². The summed E-state index contributed by atoms with van der Waals surface area (Å²) in [6.07, 6.45) is 1.48. The largest absolute Gasteiger partial charge is 0.454 e. The Kier molecular flexibility index (Phi) is 6.37. The molecule has 0 bridgehead atoms. The number of aliphatic hydroxyl groups excluding tert-OH is 1. The van der Waals surface area contributed by atoms with Crippen molar-refractivity contribution in [2.45, 2.75) is 19.8 Å². The monoisotopic (exact) mass is 303 g/mol. The fourth-order valence-corrected chi connectivity index (χ4v) is 2.08. The Morgan fingerprint density at radius 2 is 1.86 bits per heavy atom. The molecule has 0 atom stereocenters. The maximum absolute atomic E-state index is 14.1. The Hall–Kier alpha value is -1.91. The van der Waals surface area contributed by atoms with Gasteiger partial charge in [0.1, 0.15) is 5.75 Å². The Morgan fingerprint density at radius 1 is 1.09 bits per heavy atom. The molecule has 0 saturated heterocycles. The molecule has 0 aliphatic rings. The van der Waals surface area contributed by atoms with E-state index in [0.29, 0.717) is 5.75 Å². The molecule has 3 nitrogen and oxygen atoms in total. The van der Waals surface area contributed by atoms with Gasteiger partial charge >= 0.3 is 0 Å². The molecule has 0 saturated carbocycles. The fourth-order valence-electron chi connectivity index (χ4n) is 2.08. The summed E-state index contributed by atoms with van der Waals surface area (Å²) in [6.45, 7) is 3.71. The summed E-state index contributed by atoms with van der Waals surface area (Å²) >= 11 is 0. The van der Waals surface area contributed by atoms with Crippen molar-refractivity contribution in [2.75, 3.05) is 19.7 Å². The molecule has 0 aromatic heterocycles. The second-order valence-corrected chi connectivity index (χ2v) is 5.26. The normalized spacial score (nSPS) is 10.7. The van der Waals surface area contributed by atoms with Crippen LogP contribution in [0.3, 0.4) is 0 Å². The van der Waals surface area contributed by atoms with Gasteiger partial charge in [-0.05, 0) is 62.7 Å². The average molecular weight is 303 g/mol. The summed E-state index contributed by atoms with van der Waals surface area (Å²) in [6, 6.07) is 12.6. The first kappa shape index (κ1) is 16.5. The van der Waals surface area contributed by atoms with Crippen LogP contribution in [0.1, 0.15) is 17.5 Å². The van der Waals surface area contributed by atoms with Crippen molar-refractivity contribution >= 4 is 0 Å². The molecule has 0 amide bonds. The number of hydrogen-bond acceptors (Lipinski definition) is 3. The Labute approximate surface area is 130 Å². The van der Waals surface area contributed by atoms with Crippen molar-refractivity contribution in [2.24, 2.45) is 0 Å². The van der Waals surface area contributed by atoms with Crippen LogP contribution in [0, 0.1) is 12.7 Å². The number of rotatable bonds is 8. The van der Waals surface area contributed by atoms with Crippen LogP contribution >= 0.6 is 0 Å². The second-order valence-electron chi connectivity index (χ2n) is 5.26. The highest BCUT2D eigenvalue weighted by atomic mass is 19.1. The van der Waals surface area contributed by atoms with E-state index in [9.17, 15) is 4.39 Å². The van der Waals surface area contributed by atoms with E-state index < -0.39 is 0 Å². The summed E-state index contributed by atoms with van der Waals surface area (Å²) in [7, 11) is 0. The maximum Gasteiger partial charge on any atom is 0.165 e. The molecule has 0 heterocycles. The minimum absolute atomic E-state index is 0.187. The number of benzene rings is 2. The van der Waals surface area contributed by atoms with Gasteiger partial charge in [-0.1, -0.05) is 23.8 Å². The third-order valence-electron chi connectivity index (χ3n) is 3.35. The zero-order chi connectivity index (χ0) is 15.8. The molecule has 0 fully saturated rings. The number of hydrogen-bond donors (Lipinski definition) is 2. The van der Waals surface area contributed by atoms with Gasteiger partial charge in [0, 0.05) is 6.61 Å². The third-order valence-corrected chi connectivity index (χ3v) is 3.35. The Balaban J connectivity index is 1.90. The summed E-state index contributed by atoms with van der Waals surface area (Å²) in [5.74, 6) is 0.511. The molecule has 2 aromatic rings. The molecule has 0 radical (unpaired) electrons. The van der Waals surface area contributed by atoms with Crippen molar-refractivity contribution < 1.29 is 14.2 Å². The molecule has 0 spiro atoms. The van der Waals surface area contributed by atoms with Gasteiger partial charge in [0.15, 0.2) is 11.6 Å². The van der Waals surface area contributed by atoms with E-state index in [4.69, 9.17) is 9.84 Å². The predicted molar refractivity (Wildman–Crippen MR) is 85.9 cm³/mol. The smallest absolute Gasteiger partial charge is 0.165 e. The van der Waals surface area contributed by atoms with Crippen LogP contribution in [0.15, 0.2) is 42.5 Å². The standard InChI is InChI=1S/C18H22FNO2/c1-14-3-6-16(7-4-14)22-18-8-5-15(13-17(18)19)9-11-20-10-2-12-21/h3-8,13,20-21H,2,9-12H2,1H3. The highest BCUT2D eigenvalue weighted by Gasteiger charge is 2.06. The number of ether oxygens (including phenoxy) is 1. The minimum Gasteiger partial charge on any atom is -0.454 e. The summed E-state index contributed by atoms with van der Waals surface area (Å²) in [4.78, 5) is 0. The lowest BCUT2D eigenvalue weighted by Gasteiger charge is -2.09. The molecule has 0 aliphatic carbocycles. The van der Waals surface area contributed by atoms with Crippen LogP contribution in [0.2, 0.25) is 0 Å². The highest BCUT2D eigenvalue weighted by molar-refractivity contribution is 5.35. The van der Waals surface area contributed by atoms with Crippen molar-refractivity contribution in [3.8, 4) is 11.5 Å². The molecule has 0 unspecified atom stereocenters. The molecule has 2 rings (SSSR count). The van der Waals surface area contributed by atoms with E-state index in [0.717, 1.165) is 37.1 Å². The second kappa shape index (κ2) is 8.51. The average Bonchev–Trinajstić information content (AvgIpc) is 2.52. The lowest BCUT2D eigenvalue weighted by Crippen LogP contribution is -2.19. The van der Waals surface area contributed by atoms with Crippen LogP contribution in [0.4, 0.5) is 4.39 Å². The fraction of sp³-hybridized carbons (Fsp3) is 0.333. The zero-order valence-electron chi connectivity index (χ0n) is 12.8. The molecule has 118 valence electrons. The van der Waals surface area contributed by atoms with E-state index in [1.807, 2.05) is 37.3 Å². The molecular formula is C18H22FNO2.